The second-order valence-electron chi connectivity index (χ2n) is 8.39. The molecule has 0 atom stereocenters. The summed E-state index contributed by atoms with van der Waals surface area (Å²) < 4.78 is 82.3. The maximum absolute atomic E-state index is 14.8. The van der Waals surface area contributed by atoms with E-state index in [2.05, 4.69) is 0 Å². The van der Waals surface area contributed by atoms with Crippen molar-refractivity contribution in [3.63, 3.8) is 0 Å². The van der Waals surface area contributed by atoms with E-state index in [0.29, 0.717) is 24.0 Å². The van der Waals surface area contributed by atoms with Crippen molar-refractivity contribution in [2.24, 2.45) is 5.92 Å². The van der Waals surface area contributed by atoms with Crippen molar-refractivity contribution < 1.29 is 31.4 Å². The zero-order chi connectivity index (χ0) is 24.3. The van der Waals surface area contributed by atoms with Gasteiger partial charge in [0.2, 0.25) is 5.82 Å². The molecule has 0 bridgehead atoms. The Morgan fingerprint density at radius 1 is 0.794 bits per heavy atom. The third kappa shape index (κ3) is 5.03. The van der Waals surface area contributed by atoms with Gasteiger partial charge in [-0.15, -0.1) is 0 Å². The summed E-state index contributed by atoms with van der Waals surface area (Å²) >= 11 is 0. The zero-order valence-corrected chi connectivity index (χ0v) is 18.7. The third-order valence-electron chi connectivity index (χ3n) is 6.13. The fourth-order valence-electron chi connectivity index (χ4n) is 4.32. The van der Waals surface area contributed by atoms with E-state index in [9.17, 15) is 22.0 Å². The molecule has 0 aromatic heterocycles. The highest BCUT2D eigenvalue weighted by Crippen LogP contribution is 2.39. The zero-order valence-electron chi connectivity index (χ0n) is 18.7. The summed E-state index contributed by atoms with van der Waals surface area (Å²) in [6.45, 7) is 1.88. The average molecular weight is 476 g/mol. The molecule has 1 fully saturated rings. The first kappa shape index (κ1) is 24.0. The summed E-state index contributed by atoms with van der Waals surface area (Å²) in [7, 11) is 0. The summed E-state index contributed by atoms with van der Waals surface area (Å²) in [6.07, 6.45) is -0.167. The molecule has 0 saturated heterocycles. The second kappa shape index (κ2) is 10.0. The van der Waals surface area contributed by atoms with Gasteiger partial charge in [0.05, 0.1) is 12.5 Å². The number of alkyl halides is 2. The first-order valence-corrected chi connectivity index (χ1v) is 11.4. The lowest BCUT2D eigenvalue weighted by atomic mass is 9.88. The molecule has 34 heavy (non-hydrogen) atoms. The van der Waals surface area contributed by atoms with Gasteiger partial charge in [0.15, 0.2) is 11.6 Å². The summed E-state index contributed by atoms with van der Waals surface area (Å²) in [6, 6.07) is 12.6. The van der Waals surface area contributed by atoms with E-state index in [4.69, 9.17) is 9.47 Å². The topological polar surface area (TPSA) is 18.5 Å². The van der Waals surface area contributed by atoms with Crippen molar-refractivity contribution in [1.29, 1.82) is 0 Å². The van der Waals surface area contributed by atoms with Gasteiger partial charge in [-0.3, -0.25) is 0 Å². The van der Waals surface area contributed by atoms with Crippen molar-refractivity contribution in [3.8, 4) is 33.8 Å². The van der Waals surface area contributed by atoms with Gasteiger partial charge in [0.1, 0.15) is 11.6 Å². The van der Waals surface area contributed by atoms with Crippen LogP contribution in [-0.2, 0) is 0 Å². The monoisotopic (exact) mass is 476 g/mol. The molecule has 7 heteroatoms. The van der Waals surface area contributed by atoms with Crippen LogP contribution in [-0.4, -0.2) is 12.7 Å². The molecule has 180 valence electrons. The van der Waals surface area contributed by atoms with E-state index in [1.807, 2.05) is 0 Å². The number of ether oxygens (including phenoxy) is 2. The third-order valence-corrected chi connectivity index (χ3v) is 6.13. The SMILES string of the molecule is CCOc1ccc(-c2ccc(-c3ccc(OC(F)(F)C4CCCCC4)cc3F)cc2)c(F)c1F. The maximum Gasteiger partial charge on any atom is 0.400 e. The number of hydrogen-bond acceptors (Lipinski definition) is 2. The van der Waals surface area contributed by atoms with Gasteiger partial charge in [-0.1, -0.05) is 43.5 Å². The predicted octanol–water partition coefficient (Wildman–Crippen LogP) is 8.39. The molecule has 4 rings (SSSR count). The number of benzene rings is 3. The molecule has 1 aliphatic rings. The molecular formula is C27H25F5O2. The van der Waals surface area contributed by atoms with E-state index < -0.39 is 29.5 Å². The molecule has 0 N–H and O–H groups in total. The highest BCUT2D eigenvalue weighted by molar-refractivity contribution is 5.71. The van der Waals surface area contributed by atoms with Crippen LogP contribution in [0.15, 0.2) is 54.6 Å². The minimum atomic E-state index is -3.35. The van der Waals surface area contributed by atoms with Crippen LogP contribution in [0.4, 0.5) is 22.0 Å². The quantitative estimate of drug-likeness (QED) is 0.319. The smallest absolute Gasteiger partial charge is 0.400 e. The highest BCUT2D eigenvalue weighted by atomic mass is 19.3. The van der Waals surface area contributed by atoms with E-state index in [-0.39, 0.29) is 29.2 Å². The fourth-order valence-corrected chi connectivity index (χ4v) is 4.32. The van der Waals surface area contributed by atoms with E-state index in [1.54, 1.807) is 19.1 Å². The molecule has 2 nitrogen and oxygen atoms in total. The standard InChI is InChI=1S/C27H25F5O2/c1-2-33-24-15-14-22(25(29)26(24)30)18-10-8-17(9-11-18)21-13-12-20(16-23(21)28)34-27(31,32)19-6-4-3-5-7-19/h8-16,19H,2-7H2,1H3. The van der Waals surface area contributed by atoms with Gasteiger partial charge >= 0.3 is 6.11 Å². The number of rotatable bonds is 7. The molecule has 0 unspecified atom stereocenters. The minimum absolute atomic E-state index is 0.0432. The van der Waals surface area contributed by atoms with Crippen molar-refractivity contribution in [3.05, 3.63) is 72.0 Å². The minimum Gasteiger partial charge on any atom is -0.491 e. The van der Waals surface area contributed by atoms with Crippen LogP contribution in [0, 0.1) is 23.4 Å². The van der Waals surface area contributed by atoms with Gasteiger partial charge in [0, 0.05) is 17.2 Å². The Morgan fingerprint density at radius 2 is 1.41 bits per heavy atom. The molecule has 1 aliphatic carbocycles. The molecule has 0 spiro atoms. The normalized spacial score (nSPS) is 14.8. The molecule has 3 aromatic rings. The fraction of sp³-hybridized carbons (Fsp3) is 0.333. The van der Waals surface area contributed by atoms with Crippen LogP contribution in [0.5, 0.6) is 11.5 Å². The van der Waals surface area contributed by atoms with E-state index in [1.165, 1.54) is 36.4 Å². The van der Waals surface area contributed by atoms with Gasteiger partial charge in [0.25, 0.3) is 0 Å². The largest absolute Gasteiger partial charge is 0.491 e. The van der Waals surface area contributed by atoms with Crippen LogP contribution < -0.4 is 9.47 Å². The summed E-state index contributed by atoms with van der Waals surface area (Å²) in [5.41, 5.74) is 1.08. The Kier molecular flexibility index (Phi) is 7.10. The van der Waals surface area contributed by atoms with Crippen molar-refractivity contribution in [1.82, 2.24) is 0 Å². The molecule has 3 aromatic carbocycles. The van der Waals surface area contributed by atoms with Crippen LogP contribution in [0.2, 0.25) is 0 Å². The lowest BCUT2D eigenvalue weighted by Crippen LogP contribution is -2.36. The molecule has 0 aliphatic heterocycles. The second-order valence-corrected chi connectivity index (χ2v) is 8.39. The lowest BCUT2D eigenvalue weighted by Gasteiger charge is -2.29. The maximum atomic E-state index is 14.8. The van der Waals surface area contributed by atoms with E-state index >= 15 is 0 Å². The Bertz CT molecular complexity index is 1140. The molecule has 0 heterocycles. The van der Waals surface area contributed by atoms with Crippen molar-refractivity contribution in [2.45, 2.75) is 45.1 Å². The van der Waals surface area contributed by atoms with Crippen LogP contribution in [0.3, 0.4) is 0 Å². The lowest BCUT2D eigenvalue weighted by molar-refractivity contribution is -0.221. The molecule has 0 amide bonds. The molecule has 0 radical (unpaired) electrons. The summed E-state index contributed by atoms with van der Waals surface area (Å²) in [5, 5.41) is 0. The average Bonchev–Trinajstić information content (AvgIpc) is 2.83. The number of halogens is 5. The van der Waals surface area contributed by atoms with Gasteiger partial charge in [-0.05, 0) is 55.2 Å². The van der Waals surface area contributed by atoms with Crippen LogP contribution in [0.25, 0.3) is 22.3 Å². The van der Waals surface area contributed by atoms with Crippen molar-refractivity contribution in [2.75, 3.05) is 6.61 Å². The number of hydrogen-bond donors (Lipinski definition) is 0. The Hall–Kier alpha value is -3.09. The first-order chi connectivity index (χ1) is 16.3. The van der Waals surface area contributed by atoms with Crippen molar-refractivity contribution >= 4 is 0 Å². The van der Waals surface area contributed by atoms with E-state index in [0.717, 1.165) is 25.3 Å². The first-order valence-electron chi connectivity index (χ1n) is 11.4. The van der Waals surface area contributed by atoms with Gasteiger partial charge < -0.3 is 9.47 Å². The van der Waals surface area contributed by atoms with Gasteiger partial charge in [-0.2, -0.15) is 13.2 Å². The Morgan fingerprint density at radius 3 is 2.03 bits per heavy atom. The molecular weight excluding hydrogens is 451 g/mol. The Labute approximate surface area is 195 Å². The molecule has 1 saturated carbocycles. The highest BCUT2D eigenvalue weighted by Gasteiger charge is 2.42. The predicted molar refractivity (Wildman–Crippen MR) is 121 cm³/mol. The van der Waals surface area contributed by atoms with Crippen LogP contribution >= 0.6 is 0 Å². The van der Waals surface area contributed by atoms with Crippen LogP contribution in [0.1, 0.15) is 39.0 Å². The Balaban J connectivity index is 1.53. The van der Waals surface area contributed by atoms with Gasteiger partial charge in [-0.25, -0.2) is 8.78 Å². The summed E-state index contributed by atoms with van der Waals surface area (Å²) in [4.78, 5) is 0. The summed E-state index contributed by atoms with van der Waals surface area (Å²) in [5.74, 6) is -4.10.